The summed E-state index contributed by atoms with van der Waals surface area (Å²) in [7, 11) is 0. The minimum absolute atomic E-state index is 0.149. The van der Waals surface area contributed by atoms with Crippen molar-refractivity contribution in [3.8, 4) is 11.1 Å². The van der Waals surface area contributed by atoms with Gasteiger partial charge in [0, 0.05) is 11.8 Å². The van der Waals surface area contributed by atoms with Crippen LogP contribution in [0.25, 0.3) is 11.1 Å². The third kappa shape index (κ3) is 2.66. The number of nitrogens with two attached hydrogens (primary N) is 1. The standard InChI is InChI=1S/C19H18N2O/c1-14-7-5-6-10-16(14)13-21-12-11-17(18(20)19(21)22)15-8-3-2-4-9-15/h2-12H,13,20H2,1H3. The topological polar surface area (TPSA) is 48.0 Å². The minimum atomic E-state index is -0.149. The van der Waals surface area contributed by atoms with Crippen LogP contribution in [-0.2, 0) is 6.54 Å². The van der Waals surface area contributed by atoms with Crippen molar-refractivity contribution < 1.29 is 0 Å². The number of pyridine rings is 1. The maximum atomic E-state index is 12.5. The Bertz CT molecular complexity index is 851. The summed E-state index contributed by atoms with van der Waals surface area (Å²) in [5.41, 5.74) is 10.2. The number of aryl methyl sites for hydroxylation is 1. The Morgan fingerprint density at radius 2 is 1.64 bits per heavy atom. The third-order valence-electron chi connectivity index (χ3n) is 3.89. The molecule has 3 rings (SSSR count). The summed E-state index contributed by atoms with van der Waals surface area (Å²) in [5, 5.41) is 0. The molecule has 0 aliphatic carbocycles. The molecule has 1 heterocycles. The van der Waals surface area contributed by atoms with Gasteiger partial charge in [-0.05, 0) is 29.7 Å². The molecular formula is C19H18N2O. The second-order valence-electron chi connectivity index (χ2n) is 5.37. The van der Waals surface area contributed by atoms with Gasteiger partial charge >= 0.3 is 0 Å². The van der Waals surface area contributed by atoms with Gasteiger partial charge in [-0.1, -0.05) is 54.6 Å². The molecule has 0 spiro atoms. The van der Waals surface area contributed by atoms with Gasteiger partial charge in [-0.3, -0.25) is 4.79 Å². The zero-order valence-corrected chi connectivity index (χ0v) is 12.5. The molecule has 0 aliphatic heterocycles. The lowest BCUT2D eigenvalue weighted by Crippen LogP contribution is -2.23. The first kappa shape index (κ1) is 14.1. The summed E-state index contributed by atoms with van der Waals surface area (Å²) in [4.78, 5) is 12.5. The lowest BCUT2D eigenvalue weighted by atomic mass is 10.1. The van der Waals surface area contributed by atoms with Crippen LogP contribution in [0, 0.1) is 6.92 Å². The average Bonchev–Trinajstić information content (AvgIpc) is 2.55. The number of nitrogen functional groups attached to an aromatic ring is 1. The normalized spacial score (nSPS) is 10.6. The van der Waals surface area contributed by atoms with Gasteiger partial charge in [0.1, 0.15) is 5.69 Å². The molecule has 0 saturated carbocycles. The Morgan fingerprint density at radius 3 is 2.36 bits per heavy atom. The van der Waals surface area contributed by atoms with E-state index in [-0.39, 0.29) is 5.56 Å². The molecule has 0 saturated heterocycles. The second kappa shape index (κ2) is 5.90. The first-order valence-electron chi connectivity index (χ1n) is 7.25. The molecule has 0 atom stereocenters. The Kier molecular flexibility index (Phi) is 3.79. The second-order valence-corrected chi connectivity index (χ2v) is 5.37. The van der Waals surface area contributed by atoms with Gasteiger partial charge in [0.15, 0.2) is 0 Å². The zero-order valence-electron chi connectivity index (χ0n) is 12.5. The van der Waals surface area contributed by atoms with Crippen molar-refractivity contribution in [2.24, 2.45) is 0 Å². The molecule has 0 amide bonds. The highest BCUT2D eigenvalue weighted by atomic mass is 16.1. The molecule has 22 heavy (non-hydrogen) atoms. The molecule has 0 unspecified atom stereocenters. The molecule has 0 fully saturated rings. The maximum Gasteiger partial charge on any atom is 0.274 e. The molecule has 2 aromatic carbocycles. The number of anilines is 1. The molecule has 110 valence electrons. The van der Waals surface area contributed by atoms with Crippen molar-refractivity contribution in [2.45, 2.75) is 13.5 Å². The van der Waals surface area contributed by atoms with Crippen molar-refractivity contribution in [3.05, 3.63) is 88.3 Å². The molecule has 2 N–H and O–H groups in total. The number of nitrogens with zero attached hydrogens (tertiary/aromatic N) is 1. The van der Waals surface area contributed by atoms with Crippen molar-refractivity contribution in [1.82, 2.24) is 4.57 Å². The lowest BCUT2D eigenvalue weighted by Gasteiger charge is -2.12. The molecule has 3 heteroatoms. The highest BCUT2D eigenvalue weighted by Gasteiger charge is 2.09. The van der Waals surface area contributed by atoms with E-state index < -0.39 is 0 Å². The number of benzene rings is 2. The van der Waals surface area contributed by atoms with Gasteiger partial charge in [-0.2, -0.15) is 0 Å². The fraction of sp³-hybridized carbons (Fsp3) is 0.105. The zero-order chi connectivity index (χ0) is 15.5. The highest BCUT2D eigenvalue weighted by Crippen LogP contribution is 2.22. The number of rotatable bonds is 3. The summed E-state index contributed by atoms with van der Waals surface area (Å²) in [6.07, 6.45) is 1.81. The molecule has 0 bridgehead atoms. The van der Waals surface area contributed by atoms with Crippen LogP contribution in [0.15, 0.2) is 71.7 Å². The smallest absolute Gasteiger partial charge is 0.274 e. The fourth-order valence-electron chi connectivity index (χ4n) is 2.56. The van der Waals surface area contributed by atoms with Crippen LogP contribution in [0.2, 0.25) is 0 Å². The van der Waals surface area contributed by atoms with Crippen LogP contribution in [0.3, 0.4) is 0 Å². The van der Waals surface area contributed by atoms with Gasteiger partial charge in [0.2, 0.25) is 0 Å². The minimum Gasteiger partial charge on any atom is -0.394 e. The van der Waals surface area contributed by atoms with Gasteiger partial charge in [-0.15, -0.1) is 0 Å². The number of hydrogen-bond donors (Lipinski definition) is 1. The van der Waals surface area contributed by atoms with Gasteiger partial charge in [0.25, 0.3) is 5.56 Å². The highest BCUT2D eigenvalue weighted by molar-refractivity contribution is 5.75. The summed E-state index contributed by atoms with van der Waals surface area (Å²) >= 11 is 0. The van der Waals surface area contributed by atoms with Gasteiger partial charge in [-0.25, -0.2) is 0 Å². The average molecular weight is 290 g/mol. The monoisotopic (exact) mass is 290 g/mol. The molecule has 0 aliphatic rings. The summed E-state index contributed by atoms with van der Waals surface area (Å²) in [6, 6.07) is 19.7. The van der Waals surface area contributed by atoms with E-state index in [4.69, 9.17) is 5.73 Å². The number of aromatic nitrogens is 1. The fourth-order valence-corrected chi connectivity index (χ4v) is 2.56. The number of hydrogen-bond acceptors (Lipinski definition) is 2. The molecule has 3 nitrogen and oxygen atoms in total. The molecule has 3 aromatic rings. The van der Waals surface area contributed by atoms with E-state index in [1.54, 1.807) is 4.57 Å². The maximum absolute atomic E-state index is 12.5. The Labute approximate surface area is 129 Å². The van der Waals surface area contributed by atoms with E-state index in [1.165, 1.54) is 5.56 Å². The summed E-state index contributed by atoms with van der Waals surface area (Å²) in [5.74, 6) is 0. The first-order valence-corrected chi connectivity index (χ1v) is 7.25. The largest absolute Gasteiger partial charge is 0.394 e. The van der Waals surface area contributed by atoms with Crippen molar-refractivity contribution >= 4 is 5.69 Å². The van der Waals surface area contributed by atoms with Gasteiger partial charge < -0.3 is 10.3 Å². The lowest BCUT2D eigenvalue weighted by molar-refractivity contribution is 0.758. The van der Waals surface area contributed by atoms with Crippen LogP contribution in [0.5, 0.6) is 0 Å². The van der Waals surface area contributed by atoms with E-state index in [0.29, 0.717) is 12.2 Å². The van der Waals surface area contributed by atoms with E-state index in [9.17, 15) is 4.79 Å². The predicted octanol–water partition coefficient (Wildman–Crippen LogP) is 3.45. The molecule has 0 radical (unpaired) electrons. The van der Waals surface area contributed by atoms with Crippen LogP contribution < -0.4 is 11.3 Å². The summed E-state index contributed by atoms with van der Waals surface area (Å²) < 4.78 is 1.66. The Hall–Kier alpha value is -2.81. The van der Waals surface area contributed by atoms with Crippen LogP contribution in [0.4, 0.5) is 5.69 Å². The van der Waals surface area contributed by atoms with Crippen LogP contribution in [0.1, 0.15) is 11.1 Å². The van der Waals surface area contributed by atoms with Crippen molar-refractivity contribution in [2.75, 3.05) is 5.73 Å². The molecular weight excluding hydrogens is 272 g/mol. The van der Waals surface area contributed by atoms with Crippen LogP contribution >= 0.6 is 0 Å². The van der Waals surface area contributed by atoms with E-state index >= 15 is 0 Å². The van der Waals surface area contributed by atoms with Crippen LogP contribution in [-0.4, -0.2) is 4.57 Å². The Balaban J connectivity index is 2.01. The van der Waals surface area contributed by atoms with E-state index in [0.717, 1.165) is 16.7 Å². The quantitative estimate of drug-likeness (QED) is 0.803. The third-order valence-corrected chi connectivity index (χ3v) is 3.89. The van der Waals surface area contributed by atoms with E-state index in [1.807, 2.05) is 73.8 Å². The predicted molar refractivity (Wildman–Crippen MR) is 90.8 cm³/mol. The Morgan fingerprint density at radius 1 is 0.955 bits per heavy atom. The van der Waals surface area contributed by atoms with E-state index in [2.05, 4.69) is 0 Å². The molecule has 1 aromatic heterocycles. The van der Waals surface area contributed by atoms with Crippen molar-refractivity contribution in [1.29, 1.82) is 0 Å². The summed E-state index contributed by atoms with van der Waals surface area (Å²) in [6.45, 7) is 2.58. The van der Waals surface area contributed by atoms with Gasteiger partial charge in [0.05, 0.1) is 6.54 Å². The SMILES string of the molecule is Cc1ccccc1Cn1ccc(-c2ccccc2)c(N)c1=O. The first-order chi connectivity index (χ1) is 10.7. The van der Waals surface area contributed by atoms with Crippen molar-refractivity contribution in [3.63, 3.8) is 0 Å².